The van der Waals surface area contributed by atoms with Gasteiger partial charge in [-0.05, 0) is 42.2 Å². The molecule has 5 heterocycles. The van der Waals surface area contributed by atoms with Crippen molar-refractivity contribution >= 4 is 29.2 Å². The first kappa shape index (κ1) is 22.7. The largest absolute Gasteiger partial charge is 0.333 e. The molecule has 0 aliphatic carbocycles. The Balaban J connectivity index is 1.16. The zero-order valence-corrected chi connectivity index (χ0v) is 19.7. The minimum absolute atomic E-state index is 0.200. The molecule has 3 aromatic rings. The number of aromatic nitrogens is 5. The van der Waals surface area contributed by atoms with Crippen molar-refractivity contribution in [2.45, 2.75) is 31.8 Å². The van der Waals surface area contributed by atoms with Gasteiger partial charge < -0.3 is 9.80 Å². The van der Waals surface area contributed by atoms with Crippen LogP contribution in [-0.4, -0.2) is 77.5 Å². The van der Waals surface area contributed by atoms with Gasteiger partial charge in [-0.25, -0.2) is 4.68 Å². The lowest BCUT2D eigenvalue weighted by Crippen LogP contribution is -2.52. The minimum Gasteiger partial charge on any atom is -0.333 e. The average molecular weight is 499 g/mol. The van der Waals surface area contributed by atoms with Crippen LogP contribution in [0.25, 0.3) is 11.3 Å². The summed E-state index contributed by atoms with van der Waals surface area (Å²) in [5.74, 6) is -1.24. The van der Waals surface area contributed by atoms with E-state index in [9.17, 15) is 19.2 Å². The Morgan fingerprint density at radius 3 is 2.76 bits per heavy atom. The Bertz CT molecular complexity index is 1460. The number of rotatable bonds is 4. The van der Waals surface area contributed by atoms with E-state index in [4.69, 9.17) is 0 Å². The van der Waals surface area contributed by atoms with Gasteiger partial charge in [-0.15, -0.1) is 5.10 Å². The highest BCUT2D eigenvalue weighted by molar-refractivity contribution is 6.05. The molecule has 4 amide bonds. The monoisotopic (exact) mass is 498 g/mol. The fourth-order valence-electron chi connectivity index (χ4n) is 4.90. The maximum absolute atomic E-state index is 13.0. The van der Waals surface area contributed by atoms with Crippen LogP contribution < -0.4 is 5.32 Å². The third kappa shape index (κ3) is 4.15. The Morgan fingerprint density at radius 1 is 1.11 bits per heavy atom. The molecule has 1 unspecified atom stereocenters. The van der Waals surface area contributed by atoms with Crippen molar-refractivity contribution in [2.75, 3.05) is 13.1 Å². The van der Waals surface area contributed by atoms with E-state index in [2.05, 4.69) is 25.6 Å². The van der Waals surface area contributed by atoms with Crippen LogP contribution in [0.4, 0.5) is 0 Å². The summed E-state index contributed by atoms with van der Waals surface area (Å²) in [5, 5.41) is 10.5. The first-order valence-electron chi connectivity index (χ1n) is 11.9. The Labute approximate surface area is 211 Å². The quantitative estimate of drug-likeness (QED) is 0.519. The van der Waals surface area contributed by atoms with Gasteiger partial charge in [-0.3, -0.25) is 34.5 Å². The van der Waals surface area contributed by atoms with E-state index in [-0.39, 0.29) is 36.4 Å². The lowest BCUT2D eigenvalue weighted by molar-refractivity contribution is -0.136. The van der Waals surface area contributed by atoms with Gasteiger partial charge in [0.25, 0.3) is 11.8 Å². The van der Waals surface area contributed by atoms with Crippen LogP contribution in [0.2, 0.25) is 0 Å². The molecule has 1 fully saturated rings. The van der Waals surface area contributed by atoms with Crippen LogP contribution in [0.1, 0.15) is 51.4 Å². The standard InChI is InChI=1S/C25H22N8O4/c34-22-4-3-21(23(35)28-22)32-13-16-11-17(1-2-18(16)24(32)36)33-14-20(29-30-33)25(37)31-9-5-15(6-10-31)19-12-26-7-8-27-19/h1-2,5,7-8,11-12,14,21H,3-4,6,9-10,13H2,(H,28,34,35). The summed E-state index contributed by atoms with van der Waals surface area (Å²) in [6, 6.07) is 4.54. The maximum atomic E-state index is 13.0. The highest BCUT2D eigenvalue weighted by Gasteiger charge is 2.39. The number of benzene rings is 1. The molecular formula is C25H22N8O4. The molecule has 37 heavy (non-hydrogen) atoms. The van der Waals surface area contributed by atoms with Gasteiger partial charge in [-0.2, -0.15) is 0 Å². The molecule has 1 aromatic carbocycles. The third-order valence-corrected chi connectivity index (χ3v) is 6.87. The predicted molar refractivity (Wildman–Crippen MR) is 128 cm³/mol. The highest BCUT2D eigenvalue weighted by Crippen LogP contribution is 2.29. The van der Waals surface area contributed by atoms with Crippen LogP contribution >= 0.6 is 0 Å². The van der Waals surface area contributed by atoms with E-state index in [1.807, 2.05) is 6.08 Å². The van der Waals surface area contributed by atoms with Crippen LogP contribution in [0, 0.1) is 0 Å². The summed E-state index contributed by atoms with van der Waals surface area (Å²) in [4.78, 5) is 61.3. The van der Waals surface area contributed by atoms with Crippen LogP contribution in [0.3, 0.4) is 0 Å². The Morgan fingerprint density at radius 2 is 2.00 bits per heavy atom. The van der Waals surface area contributed by atoms with Gasteiger partial charge in [0.05, 0.1) is 23.8 Å². The molecule has 2 aromatic heterocycles. The minimum atomic E-state index is -0.676. The molecule has 6 rings (SSSR count). The number of nitrogens with one attached hydrogen (secondary N) is 1. The van der Waals surface area contributed by atoms with E-state index >= 15 is 0 Å². The SMILES string of the molecule is O=C1CCC(N2Cc3cc(-n4cc(C(=O)N5CC=C(c6cnccn6)CC5)nn4)ccc3C2=O)C(=O)N1. The van der Waals surface area contributed by atoms with Gasteiger partial charge in [0.2, 0.25) is 11.8 Å². The number of piperidine rings is 1. The smallest absolute Gasteiger partial charge is 0.276 e. The summed E-state index contributed by atoms with van der Waals surface area (Å²) in [6.45, 7) is 1.23. The van der Waals surface area contributed by atoms with Crippen molar-refractivity contribution in [3.63, 3.8) is 0 Å². The topological polar surface area (TPSA) is 143 Å². The lowest BCUT2D eigenvalue weighted by Gasteiger charge is -2.29. The van der Waals surface area contributed by atoms with Gasteiger partial charge in [-0.1, -0.05) is 11.3 Å². The van der Waals surface area contributed by atoms with Crippen LogP contribution in [0.15, 0.2) is 49.1 Å². The number of nitrogens with zero attached hydrogens (tertiary/aromatic N) is 7. The molecule has 1 atom stereocenters. The molecule has 1 N–H and O–H groups in total. The van der Waals surface area contributed by atoms with E-state index in [0.29, 0.717) is 37.2 Å². The molecule has 3 aliphatic heterocycles. The maximum Gasteiger partial charge on any atom is 0.276 e. The van der Waals surface area contributed by atoms with E-state index in [0.717, 1.165) is 16.8 Å². The molecule has 3 aliphatic rings. The number of hydrogen-bond acceptors (Lipinski definition) is 8. The molecule has 0 saturated carbocycles. The van der Waals surface area contributed by atoms with Crippen molar-refractivity contribution in [2.24, 2.45) is 0 Å². The Kier molecular flexibility index (Phi) is 5.55. The van der Waals surface area contributed by atoms with Crippen molar-refractivity contribution in [1.29, 1.82) is 0 Å². The van der Waals surface area contributed by atoms with E-state index < -0.39 is 11.9 Å². The number of carbonyl (C=O) groups excluding carboxylic acids is 4. The fraction of sp³-hybridized carbons (Fsp3) is 0.280. The summed E-state index contributed by atoms with van der Waals surface area (Å²) in [7, 11) is 0. The number of fused-ring (bicyclic) bond motifs is 1. The molecule has 0 bridgehead atoms. The van der Waals surface area contributed by atoms with Gasteiger partial charge in [0.15, 0.2) is 5.69 Å². The second-order valence-electron chi connectivity index (χ2n) is 9.11. The Hall–Kier alpha value is -4.74. The van der Waals surface area contributed by atoms with Gasteiger partial charge >= 0.3 is 0 Å². The predicted octanol–water partition coefficient (Wildman–Crippen LogP) is 0.748. The van der Waals surface area contributed by atoms with Crippen molar-refractivity contribution in [3.05, 3.63) is 71.6 Å². The number of imide groups is 1. The summed E-state index contributed by atoms with van der Waals surface area (Å²) >= 11 is 0. The molecule has 1 saturated heterocycles. The molecule has 12 heteroatoms. The van der Waals surface area contributed by atoms with Gasteiger partial charge in [0, 0.05) is 44.0 Å². The summed E-state index contributed by atoms with van der Waals surface area (Å²) in [5.41, 5.74) is 3.98. The first-order chi connectivity index (χ1) is 18.0. The average Bonchev–Trinajstić information content (AvgIpc) is 3.54. The summed E-state index contributed by atoms with van der Waals surface area (Å²) in [6.07, 6.45) is 9.70. The van der Waals surface area contributed by atoms with Crippen molar-refractivity contribution < 1.29 is 19.2 Å². The lowest BCUT2D eigenvalue weighted by atomic mass is 10.0. The van der Waals surface area contributed by atoms with Crippen LogP contribution in [-0.2, 0) is 16.1 Å². The second-order valence-corrected chi connectivity index (χ2v) is 9.11. The van der Waals surface area contributed by atoms with Crippen molar-refractivity contribution in [3.8, 4) is 5.69 Å². The normalized spacial score (nSPS) is 19.5. The number of amides is 4. The van der Waals surface area contributed by atoms with Crippen molar-refractivity contribution in [1.82, 2.24) is 40.1 Å². The van der Waals surface area contributed by atoms with Crippen LogP contribution in [0.5, 0.6) is 0 Å². The molecule has 186 valence electrons. The van der Waals surface area contributed by atoms with Gasteiger partial charge in [0.1, 0.15) is 6.04 Å². The highest BCUT2D eigenvalue weighted by atomic mass is 16.2. The number of hydrogen-bond donors (Lipinski definition) is 1. The summed E-state index contributed by atoms with van der Waals surface area (Å²) < 4.78 is 1.50. The molecule has 12 nitrogen and oxygen atoms in total. The third-order valence-electron chi connectivity index (χ3n) is 6.87. The molecule has 0 radical (unpaired) electrons. The zero-order chi connectivity index (χ0) is 25.5. The zero-order valence-electron chi connectivity index (χ0n) is 19.7. The molecular weight excluding hydrogens is 476 g/mol. The fourth-order valence-corrected chi connectivity index (χ4v) is 4.90. The number of carbonyl (C=O) groups is 4. The van der Waals surface area contributed by atoms with E-state index in [1.54, 1.807) is 47.9 Å². The molecule has 0 spiro atoms. The first-order valence-corrected chi connectivity index (χ1v) is 11.9. The second kappa shape index (κ2) is 9.04. The van der Waals surface area contributed by atoms with E-state index in [1.165, 1.54) is 9.58 Å².